The smallest absolute Gasteiger partial charge is 0.307 e. The van der Waals surface area contributed by atoms with Gasteiger partial charge in [-0.05, 0) is 53.7 Å². The van der Waals surface area contributed by atoms with Gasteiger partial charge in [0.1, 0.15) is 0 Å². The van der Waals surface area contributed by atoms with E-state index in [1.54, 1.807) is 6.07 Å². The molecule has 1 aromatic carbocycles. The second kappa shape index (κ2) is 6.00. The maximum absolute atomic E-state index is 12.8. The fraction of sp³-hybridized carbons (Fsp3) is 0.421. The maximum Gasteiger partial charge on any atom is 0.307 e. The van der Waals surface area contributed by atoms with Crippen molar-refractivity contribution in [2.45, 2.75) is 25.3 Å². The normalized spacial score (nSPS) is 28.4. The van der Waals surface area contributed by atoms with Crippen molar-refractivity contribution in [1.82, 2.24) is 20.2 Å². The minimum Gasteiger partial charge on any atom is -0.481 e. The molecule has 2 fully saturated rings. The number of hydrogen-bond acceptors (Lipinski definition) is 5. The van der Waals surface area contributed by atoms with Crippen molar-refractivity contribution >= 4 is 17.6 Å². The number of carboxylic acid groups (broad SMARTS) is 1. The third-order valence-electron chi connectivity index (χ3n) is 5.82. The third-order valence-corrected chi connectivity index (χ3v) is 5.82. The predicted octanol–water partition coefficient (Wildman–Crippen LogP) is 2.14. The van der Waals surface area contributed by atoms with E-state index in [-0.39, 0.29) is 17.7 Å². The summed E-state index contributed by atoms with van der Waals surface area (Å²) < 4.78 is 1.82. The fourth-order valence-electron chi connectivity index (χ4n) is 4.43. The van der Waals surface area contributed by atoms with Crippen LogP contribution in [0.15, 0.2) is 36.4 Å². The molecule has 4 unspecified atom stereocenters. The first kappa shape index (κ1) is 16.2. The minimum atomic E-state index is -0.899. The third kappa shape index (κ3) is 2.72. The molecular formula is C19H19N5O3. The quantitative estimate of drug-likeness (QED) is 0.786. The van der Waals surface area contributed by atoms with Crippen molar-refractivity contribution in [3.8, 4) is 11.4 Å². The largest absolute Gasteiger partial charge is 0.481 e. The SMILES string of the molecule is O=C(O)C1C2C=CC(C2)C1C(=O)Nc1cccc(-c2nnnn2C2CC2)c1. The van der Waals surface area contributed by atoms with Crippen LogP contribution in [0.4, 0.5) is 5.69 Å². The summed E-state index contributed by atoms with van der Waals surface area (Å²) in [5.74, 6) is -1.68. The molecule has 27 heavy (non-hydrogen) atoms. The summed E-state index contributed by atoms with van der Waals surface area (Å²) in [6.45, 7) is 0. The van der Waals surface area contributed by atoms with Gasteiger partial charge in [-0.3, -0.25) is 9.59 Å². The molecule has 8 nitrogen and oxygen atoms in total. The average Bonchev–Trinajstić information content (AvgIpc) is 3.09. The molecule has 3 aliphatic rings. The Kier molecular flexibility index (Phi) is 3.60. The van der Waals surface area contributed by atoms with Crippen LogP contribution < -0.4 is 5.32 Å². The van der Waals surface area contributed by atoms with Gasteiger partial charge in [0.2, 0.25) is 5.91 Å². The first-order valence-corrected chi connectivity index (χ1v) is 9.22. The van der Waals surface area contributed by atoms with Gasteiger partial charge < -0.3 is 10.4 Å². The first-order valence-electron chi connectivity index (χ1n) is 9.22. The van der Waals surface area contributed by atoms with E-state index in [2.05, 4.69) is 20.8 Å². The van der Waals surface area contributed by atoms with Crippen LogP contribution in [0, 0.1) is 23.7 Å². The van der Waals surface area contributed by atoms with Crippen LogP contribution in [0.3, 0.4) is 0 Å². The lowest BCUT2D eigenvalue weighted by atomic mass is 9.82. The zero-order valence-electron chi connectivity index (χ0n) is 14.5. The summed E-state index contributed by atoms with van der Waals surface area (Å²) in [7, 11) is 0. The van der Waals surface area contributed by atoms with E-state index < -0.39 is 17.8 Å². The number of carbonyl (C=O) groups excluding carboxylic acids is 1. The standard InChI is InChI=1S/C19H19N5O3/c25-18(15-10-4-5-11(8-10)16(15)19(26)27)20-13-3-1-2-12(9-13)17-21-22-23-24(17)14-6-7-14/h1-5,9-11,14-16H,6-8H2,(H,20,25)(H,26,27). The molecule has 0 spiro atoms. The lowest BCUT2D eigenvalue weighted by molar-refractivity contribution is -0.146. The summed E-state index contributed by atoms with van der Waals surface area (Å²) >= 11 is 0. The number of aromatic nitrogens is 4. The number of allylic oxidation sites excluding steroid dienone is 2. The first-order chi connectivity index (χ1) is 13.1. The molecule has 1 heterocycles. The molecule has 0 radical (unpaired) electrons. The number of nitrogens with zero attached hydrogens (tertiary/aromatic N) is 4. The summed E-state index contributed by atoms with van der Waals surface area (Å²) in [6.07, 6.45) is 6.80. The highest BCUT2D eigenvalue weighted by atomic mass is 16.4. The highest BCUT2D eigenvalue weighted by Gasteiger charge is 2.51. The van der Waals surface area contributed by atoms with Crippen molar-refractivity contribution in [3.63, 3.8) is 0 Å². The molecule has 138 valence electrons. The Balaban J connectivity index is 1.38. The Bertz CT molecular complexity index is 948. The molecular weight excluding hydrogens is 346 g/mol. The van der Waals surface area contributed by atoms with Gasteiger partial charge in [0.25, 0.3) is 0 Å². The fourth-order valence-corrected chi connectivity index (χ4v) is 4.43. The second-order valence-electron chi connectivity index (χ2n) is 7.59. The highest BCUT2D eigenvalue weighted by Crippen LogP contribution is 2.48. The number of anilines is 1. The summed E-state index contributed by atoms with van der Waals surface area (Å²) in [5.41, 5.74) is 1.45. The van der Waals surface area contributed by atoms with Crippen molar-refractivity contribution < 1.29 is 14.7 Å². The van der Waals surface area contributed by atoms with E-state index in [0.29, 0.717) is 17.6 Å². The van der Waals surface area contributed by atoms with Crippen LogP contribution in [0.25, 0.3) is 11.4 Å². The van der Waals surface area contributed by atoms with Crippen molar-refractivity contribution in [2.24, 2.45) is 23.7 Å². The molecule has 2 aromatic rings. The van der Waals surface area contributed by atoms with E-state index >= 15 is 0 Å². The molecule has 1 aromatic heterocycles. The predicted molar refractivity (Wildman–Crippen MR) is 95.5 cm³/mol. The molecule has 2 N–H and O–H groups in total. The van der Waals surface area contributed by atoms with Crippen molar-refractivity contribution in [1.29, 1.82) is 0 Å². The zero-order chi connectivity index (χ0) is 18.5. The number of amides is 1. The topological polar surface area (TPSA) is 110 Å². The number of nitrogens with one attached hydrogen (secondary N) is 1. The van der Waals surface area contributed by atoms with Crippen LogP contribution in [0.1, 0.15) is 25.3 Å². The number of tetrazole rings is 1. The Morgan fingerprint density at radius 2 is 1.93 bits per heavy atom. The number of benzene rings is 1. The van der Waals surface area contributed by atoms with Gasteiger partial charge in [-0.1, -0.05) is 24.3 Å². The molecule has 5 rings (SSSR count). The highest BCUT2D eigenvalue weighted by molar-refractivity contribution is 5.96. The zero-order valence-corrected chi connectivity index (χ0v) is 14.5. The van der Waals surface area contributed by atoms with E-state index in [9.17, 15) is 14.7 Å². The monoisotopic (exact) mass is 365 g/mol. The summed E-state index contributed by atoms with van der Waals surface area (Å²) in [5, 5.41) is 24.4. The molecule has 0 saturated heterocycles. The number of carboxylic acids is 1. The summed E-state index contributed by atoms with van der Waals surface area (Å²) in [4.78, 5) is 24.5. The van der Waals surface area contributed by atoms with Crippen molar-refractivity contribution in [3.05, 3.63) is 36.4 Å². The van der Waals surface area contributed by atoms with Gasteiger partial charge >= 0.3 is 5.97 Å². The Morgan fingerprint density at radius 3 is 2.67 bits per heavy atom. The average molecular weight is 365 g/mol. The van der Waals surface area contributed by atoms with Crippen LogP contribution in [-0.2, 0) is 9.59 Å². The van der Waals surface area contributed by atoms with Crippen LogP contribution in [0.5, 0.6) is 0 Å². The van der Waals surface area contributed by atoms with Gasteiger partial charge in [-0.2, -0.15) is 0 Å². The van der Waals surface area contributed by atoms with Gasteiger partial charge in [-0.25, -0.2) is 4.68 Å². The Labute approximate surface area is 155 Å². The molecule has 2 bridgehead atoms. The Hall–Kier alpha value is -3.03. The molecule has 0 aliphatic heterocycles. The molecule has 8 heteroatoms. The Morgan fingerprint density at radius 1 is 1.15 bits per heavy atom. The van der Waals surface area contributed by atoms with E-state index in [1.807, 2.05) is 35.0 Å². The van der Waals surface area contributed by atoms with E-state index in [0.717, 1.165) is 24.8 Å². The number of carbonyl (C=O) groups is 2. The second-order valence-corrected chi connectivity index (χ2v) is 7.59. The maximum atomic E-state index is 12.8. The summed E-state index contributed by atoms with van der Waals surface area (Å²) in [6, 6.07) is 7.73. The van der Waals surface area contributed by atoms with Crippen molar-refractivity contribution in [2.75, 3.05) is 5.32 Å². The lowest BCUT2D eigenvalue weighted by Gasteiger charge is -2.23. The number of rotatable bonds is 5. The van der Waals surface area contributed by atoms with Gasteiger partial charge in [0.15, 0.2) is 5.82 Å². The van der Waals surface area contributed by atoms with E-state index in [4.69, 9.17) is 0 Å². The molecule has 3 aliphatic carbocycles. The van der Waals surface area contributed by atoms with E-state index in [1.165, 1.54) is 0 Å². The molecule has 2 saturated carbocycles. The number of fused-ring (bicyclic) bond motifs is 2. The molecule has 1 amide bonds. The number of aliphatic carboxylic acids is 1. The van der Waals surface area contributed by atoms with Crippen LogP contribution in [-0.4, -0.2) is 37.2 Å². The van der Waals surface area contributed by atoms with Gasteiger partial charge in [0.05, 0.1) is 17.9 Å². The molecule has 4 atom stereocenters. The van der Waals surface area contributed by atoms with Gasteiger partial charge in [0, 0.05) is 11.3 Å². The van der Waals surface area contributed by atoms with Gasteiger partial charge in [-0.15, -0.1) is 5.10 Å². The van der Waals surface area contributed by atoms with Crippen LogP contribution >= 0.6 is 0 Å². The minimum absolute atomic E-state index is 0.00134. The van der Waals surface area contributed by atoms with Crippen LogP contribution in [0.2, 0.25) is 0 Å². The number of hydrogen-bond donors (Lipinski definition) is 2. The lowest BCUT2D eigenvalue weighted by Crippen LogP contribution is -2.36.